The molecule has 1 aromatic rings. The Hall–Kier alpha value is -2.80. The summed E-state index contributed by atoms with van der Waals surface area (Å²) in [7, 11) is 2.56. The number of rotatable bonds is 5. The number of hydrogen-bond donors (Lipinski definition) is 1. The number of esters is 2. The van der Waals surface area contributed by atoms with Crippen molar-refractivity contribution in [3.63, 3.8) is 0 Å². The van der Waals surface area contributed by atoms with Gasteiger partial charge in [-0.25, -0.2) is 9.59 Å². The van der Waals surface area contributed by atoms with Crippen molar-refractivity contribution in [2.24, 2.45) is 5.41 Å². The summed E-state index contributed by atoms with van der Waals surface area (Å²) in [5.74, 6) is -1.57. The summed E-state index contributed by atoms with van der Waals surface area (Å²) >= 11 is 6.28. The maximum Gasteiger partial charge on any atom is 0.343 e. The van der Waals surface area contributed by atoms with Crippen LogP contribution in [-0.4, -0.2) is 38.5 Å². The highest BCUT2D eigenvalue weighted by molar-refractivity contribution is 6.30. The molecule has 0 bridgehead atoms. The van der Waals surface area contributed by atoms with Crippen LogP contribution in [0.3, 0.4) is 0 Å². The lowest BCUT2D eigenvalue weighted by molar-refractivity contribution is -0.143. The predicted octanol–water partition coefficient (Wildman–Crippen LogP) is 3.67. The van der Waals surface area contributed by atoms with Crippen LogP contribution in [0.15, 0.2) is 40.7 Å². The van der Waals surface area contributed by atoms with E-state index in [9.17, 15) is 14.4 Å². The average molecular weight is 448 g/mol. The minimum absolute atomic E-state index is 0.0588. The Morgan fingerprint density at radius 1 is 1.19 bits per heavy atom. The number of carbonyl (C=O) groups is 3. The fourth-order valence-electron chi connectivity index (χ4n) is 4.20. The molecule has 31 heavy (non-hydrogen) atoms. The quantitative estimate of drug-likeness (QED) is 0.688. The van der Waals surface area contributed by atoms with E-state index in [1.54, 1.807) is 25.1 Å². The Morgan fingerprint density at radius 2 is 1.90 bits per heavy atom. The van der Waals surface area contributed by atoms with Gasteiger partial charge in [0.15, 0.2) is 12.4 Å². The van der Waals surface area contributed by atoms with Gasteiger partial charge >= 0.3 is 11.9 Å². The predicted molar refractivity (Wildman–Crippen MR) is 115 cm³/mol. The van der Waals surface area contributed by atoms with Crippen LogP contribution in [0.4, 0.5) is 0 Å². The van der Waals surface area contributed by atoms with Gasteiger partial charge in [0.2, 0.25) is 0 Å². The van der Waals surface area contributed by atoms with Crippen LogP contribution >= 0.6 is 11.6 Å². The van der Waals surface area contributed by atoms with E-state index >= 15 is 0 Å². The highest BCUT2D eigenvalue weighted by atomic mass is 35.5. The summed E-state index contributed by atoms with van der Waals surface area (Å²) in [5, 5.41) is 3.66. The maximum atomic E-state index is 13.3. The van der Waals surface area contributed by atoms with Crippen LogP contribution < -0.4 is 10.1 Å². The highest BCUT2D eigenvalue weighted by Crippen LogP contribution is 2.49. The molecule has 1 aromatic carbocycles. The van der Waals surface area contributed by atoms with Crippen molar-refractivity contribution in [2.45, 2.75) is 39.5 Å². The molecular formula is C23H26ClNO6. The molecule has 0 amide bonds. The summed E-state index contributed by atoms with van der Waals surface area (Å²) in [6.45, 7) is 5.52. The maximum absolute atomic E-state index is 13.3. The molecule has 1 atom stereocenters. The van der Waals surface area contributed by atoms with Gasteiger partial charge in [0.05, 0.1) is 25.7 Å². The van der Waals surface area contributed by atoms with E-state index < -0.39 is 17.9 Å². The molecule has 0 radical (unpaired) electrons. The Bertz CT molecular complexity index is 1010. The molecule has 1 N–H and O–H groups in total. The number of ether oxygens (including phenoxy) is 3. The highest BCUT2D eigenvalue weighted by Gasteiger charge is 2.44. The molecule has 1 aliphatic carbocycles. The zero-order valence-electron chi connectivity index (χ0n) is 18.3. The van der Waals surface area contributed by atoms with Gasteiger partial charge in [-0.3, -0.25) is 4.79 Å². The van der Waals surface area contributed by atoms with Gasteiger partial charge in [0.25, 0.3) is 0 Å². The molecule has 0 unspecified atom stereocenters. The number of methoxy groups -OCH3 is 2. The third-order valence-corrected chi connectivity index (χ3v) is 5.74. The van der Waals surface area contributed by atoms with E-state index in [0.717, 1.165) is 5.70 Å². The van der Waals surface area contributed by atoms with Crippen molar-refractivity contribution < 1.29 is 28.6 Å². The van der Waals surface area contributed by atoms with Crippen molar-refractivity contribution in [2.75, 3.05) is 20.8 Å². The largest absolute Gasteiger partial charge is 0.482 e. The zero-order valence-corrected chi connectivity index (χ0v) is 19.0. The Balaban J connectivity index is 2.21. The number of nitrogens with one attached hydrogen (secondary N) is 1. The molecule has 3 rings (SSSR count). The second kappa shape index (κ2) is 8.75. The summed E-state index contributed by atoms with van der Waals surface area (Å²) in [5.41, 5.74) is 2.47. The molecule has 1 heterocycles. The summed E-state index contributed by atoms with van der Waals surface area (Å²) in [6.07, 6.45) is 0.992. The lowest BCUT2D eigenvalue weighted by Gasteiger charge is -2.39. The van der Waals surface area contributed by atoms with Gasteiger partial charge in [-0.2, -0.15) is 0 Å². The van der Waals surface area contributed by atoms with Gasteiger partial charge in [-0.05, 0) is 37.0 Å². The molecule has 7 nitrogen and oxygen atoms in total. The average Bonchev–Trinajstić information content (AvgIpc) is 2.69. The number of halogens is 1. The molecule has 0 fully saturated rings. The van der Waals surface area contributed by atoms with Gasteiger partial charge in [0, 0.05) is 34.0 Å². The van der Waals surface area contributed by atoms with Crippen molar-refractivity contribution >= 4 is 29.3 Å². The van der Waals surface area contributed by atoms with Crippen LogP contribution in [0.1, 0.15) is 45.1 Å². The lowest BCUT2D eigenvalue weighted by atomic mass is 9.68. The van der Waals surface area contributed by atoms with Crippen molar-refractivity contribution in [3.8, 4) is 5.75 Å². The molecule has 0 spiro atoms. The molecule has 2 aliphatic rings. The van der Waals surface area contributed by atoms with Crippen LogP contribution in [0.5, 0.6) is 5.75 Å². The Morgan fingerprint density at radius 3 is 2.55 bits per heavy atom. The monoisotopic (exact) mass is 447 g/mol. The number of ketones is 1. The first-order chi connectivity index (χ1) is 14.6. The molecule has 0 saturated heterocycles. The summed E-state index contributed by atoms with van der Waals surface area (Å²) in [6, 6.07) is 4.89. The van der Waals surface area contributed by atoms with E-state index in [1.807, 2.05) is 13.8 Å². The van der Waals surface area contributed by atoms with Crippen LogP contribution in [0, 0.1) is 5.41 Å². The third kappa shape index (κ3) is 4.61. The van der Waals surface area contributed by atoms with Crippen molar-refractivity contribution in [1.29, 1.82) is 0 Å². The van der Waals surface area contributed by atoms with Crippen LogP contribution in [0.25, 0.3) is 0 Å². The SMILES string of the molecule is COC(=O)COc1ccc(Cl)cc1[C@H]1C(C(=O)OC)=C(C)NC2=C1C(=O)CC(C)(C)C2. The molecule has 1 aliphatic heterocycles. The fraction of sp³-hybridized carbons (Fsp3) is 0.435. The molecular weight excluding hydrogens is 422 g/mol. The second-order valence-electron chi connectivity index (χ2n) is 8.47. The number of dihydropyridines is 1. The fourth-order valence-corrected chi connectivity index (χ4v) is 4.38. The number of benzene rings is 1. The van der Waals surface area contributed by atoms with Gasteiger partial charge in [0.1, 0.15) is 5.75 Å². The minimum Gasteiger partial charge on any atom is -0.482 e. The summed E-state index contributed by atoms with van der Waals surface area (Å²) < 4.78 is 15.4. The topological polar surface area (TPSA) is 90.9 Å². The van der Waals surface area contributed by atoms with Crippen LogP contribution in [-0.2, 0) is 23.9 Å². The molecule has 0 aromatic heterocycles. The lowest BCUT2D eigenvalue weighted by Crippen LogP contribution is -2.38. The number of allylic oxidation sites excluding steroid dienone is 3. The number of Topliss-reactive ketones (excluding diaryl/α,β-unsaturated/α-hetero) is 1. The van der Waals surface area contributed by atoms with Gasteiger partial charge < -0.3 is 19.5 Å². The van der Waals surface area contributed by atoms with E-state index in [2.05, 4.69) is 10.1 Å². The van der Waals surface area contributed by atoms with E-state index in [0.29, 0.717) is 46.0 Å². The molecule has 8 heteroatoms. The smallest absolute Gasteiger partial charge is 0.343 e. The molecule has 0 saturated carbocycles. The molecule has 166 valence electrons. The van der Waals surface area contributed by atoms with Crippen LogP contribution in [0.2, 0.25) is 5.02 Å². The van der Waals surface area contributed by atoms with E-state index in [-0.39, 0.29) is 17.8 Å². The van der Waals surface area contributed by atoms with E-state index in [1.165, 1.54) is 14.2 Å². The summed E-state index contributed by atoms with van der Waals surface area (Å²) in [4.78, 5) is 37.7. The third-order valence-electron chi connectivity index (χ3n) is 5.50. The van der Waals surface area contributed by atoms with Gasteiger partial charge in [-0.1, -0.05) is 25.4 Å². The first-order valence-electron chi connectivity index (χ1n) is 9.89. The van der Waals surface area contributed by atoms with E-state index in [4.69, 9.17) is 21.1 Å². The Kier molecular flexibility index (Phi) is 6.46. The van der Waals surface area contributed by atoms with Crippen molar-refractivity contribution in [1.82, 2.24) is 5.32 Å². The standard InChI is InChI=1S/C23H26ClNO6/c1-12-19(22(28)30-5)20(21-15(25-12)9-23(2,3)10-16(21)26)14-8-13(24)6-7-17(14)31-11-18(27)29-4/h6-8,20,25H,9-11H2,1-5H3/t20-/m0/s1. The number of hydrogen-bond acceptors (Lipinski definition) is 7. The minimum atomic E-state index is -0.737. The first kappa shape index (κ1) is 22.9. The van der Waals surface area contributed by atoms with Gasteiger partial charge in [-0.15, -0.1) is 0 Å². The zero-order chi connectivity index (χ0) is 22.9. The second-order valence-corrected chi connectivity index (χ2v) is 8.90. The first-order valence-corrected chi connectivity index (χ1v) is 10.3. The Labute approximate surface area is 186 Å². The van der Waals surface area contributed by atoms with Crippen molar-refractivity contribution in [3.05, 3.63) is 51.3 Å². The number of carbonyl (C=O) groups excluding carboxylic acids is 3. The normalized spacial score (nSPS) is 20.1.